The third-order valence-corrected chi connectivity index (χ3v) is 2.80. The Kier molecular flexibility index (Phi) is 5.26. The first-order chi connectivity index (χ1) is 7.65. The highest BCUT2D eigenvalue weighted by atomic mass is 16.1. The van der Waals surface area contributed by atoms with Crippen molar-refractivity contribution in [3.63, 3.8) is 0 Å². The minimum Gasteiger partial charge on any atom is -0.314 e. The molecule has 1 aromatic heterocycles. The summed E-state index contributed by atoms with van der Waals surface area (Å²) in [5.41, 5.74) is 1.14. The molecular weight excluding hydrogens is 200 g/mol. The number of pyridine rings is 1. The van der Waals surface area contributed by atoms with Crippen LogP contribution in [0.25, 0.3) is 0 Å². The predicted molar refractivity (Wildman–Crippen MR) is 67.8 cm³/mol. The van der Waals surface area contributed by atoms with Crippen molar-refractivity contribution in [2.75, 3.05) is 6.54 Å². The number of aromatic nitrogens is 1. The van der Waals surface area contributed by atoms with Gasteiger partial charge in [0, 0.05) is 24.3 Å². The number of hydrogen-bond donors (Lipinski definition) is 1. The molecule has 0 fully saturated rings. The molecule has 3 heteroatoms. The van der Waals surface area contributed by atoms with Crippen LogP contribution in [-0.4, -0.2) is 17.2 Å². The lowest BCUT2D eigenvalue weighted by Gasteiger charge is -2.15. The summed E-state index contributed by atoms with van der Waals surface area (Å²) in [7, 11) is 0. The van der Waals surface area contributed by atoms with E-state index in [1.807, 2.05) is 23.6 Å². The van der Waals surface area contributed by atoms with Crippen molar-refractivity contribution in [1.82, 2.24) is 9.88 Å². The van der Waals surface area contributed by atoms with E-state index >= 15 is 0 Å². The van der Waals surface area contributed by atoms with E-state index in [2.05, 4.69) is 19.2 Å². The van der Waals surface area contributed by atoms with Crippen LogP contribution in [0.15, 0.2) is 23.0 Å². The van der Waals surface area contributed by atoms with Crippen molar-refractivity contribution in [2.24, 2.45) is 0 Å². The Hall–Kier alpha value is -1.09. The molecule has 0 bridgehead atoms. The van der Waals surface area contributed by atoms with Gasteiger partial charge < -0.3 is 9.88 Å². The lowest BCUT2D eigenvalue weighted by atomic mass is 10.2. The van der Waals surface area contributed by atoms with E-state index in [0.29, 0.717) is 6.04 Å². The Morgan fingerprint density at radius 1 is 1.44 bits per heavy atom. The van der Waals surface area contributed by atoms with E-state index in [1.54, 1.807) is 6.07 Å². The lowest BCUT2D eigenvalue weighted by Crippen LogP contribution is -2.30. The molecule has 16 heavy (non-hydrogen) atoms. The maximum atomic E-state index is 11.6. The fraction of sp³-hybridized carbons (Fsp3) is 0.615. The third kappa shape index (κ3) is 3.81. The number of aryl methyl sites for hydroxylation is 1. The number of hydrogen-bond acceptors (Lipinski definition) is 2. The number of nitrogens with one attached hydrogen (secondary N) is 1. The standard InChI is InChI=1S/C13H22N2O/c1-4-9-14-11(2)8-10-15-12(3)6-5-7-13(15)16/h5-7,11,14H,4,8-10H2,1-3H3. The van der Waals surface area contributed by atoms with Crippen molar-refractivity contribution >= 4 is 0 Å². The second-order valence-corrected chi connectivity index (χ2v) is 4.30. The summed E-state index contributed by atoms with van der Waals surface area (Å²) < 4.78 is 1.84. The molecule has 0 saturated carbocycles. The molecular formula is C13H22N2O. The van der Waals surface area contributed by atoms with Gasteiger partial charge in [0.2, 0.25) is 0 Å². The van der Waals surface area contributed by atoms with Crippen LogP contribution in [0.2, 0.25) is 0 Å². The first kappa shape index (κ1) is 13.0. The molecule has 0 radical (unpaired) electrons. The Labute approximate surface area is 97.5 Å². The Morgan fingerprint density at radius 2 is 2.19 bits per heavy atom. The smallest absolute Gasteiger partial charge is 0.250 e. The van der Waals surface area contributed by atoms with Crippen molar-refractivity contribution in [2.45, 2.75) is 46.2 Å². The Morgan fingerprint density at radius 3 is 2.81 bits per heavy atom. The van der Waals surface area contributed by atoms with Crippen molar-refractivity contribution in [3.8, 4) is 0 Å². The molecule has 0 aliphatic rings. The fourth-order valence-corrected chi connectivity index (χ4v) is 1.73. The zero-order chi connectivity index (χ0) is 12.0. The summed E-state index contributed by atoms with van der Waals surface area (Å²) in [5.74, 6) is 0. The molecule has 1 unspecified atom stereocenters. The van der Waals surface area contributed by atoms with Gasteiger partial charge in [-0.15, -0.1) is 0 Å². The van der Waals surface area contributed by atoms with Crippen LogP contribution in [0, 0.1) is 6.92 Å². The van der Waals surface area contributed by atoms with Gasteiger partial charge in [-0.05, 0) is 39.3 Å². The van der Waals surface area contributed by atoms with E-state index in [4.69, 9.17) is 0 Å². The highest BCUT2D eigenvalue weighted by molar-refractivity contribution is 5.04. The average Bonchev–Trinajstić information content (AvgIpc) is 2.25. The minimum absolute atomic E-state index is 0.0997. The van der Waals surface area contributed by atoms with Crippen LogP contribution in [0.1, 0.15) is 32.4 Å². The van der Waals surface area contributed by atoms with Gasteiger partial charge in [0.25, 0.3) is 5.56 Å². The summed E-state index contributed by atoms with van der Waals surface area (Å²) in [6, 6.07) is 5.88. The SMILES string of the molecule is CCCNC(C)CCn1c(C)cccc1=O. The quantitative estimate of drug-likeness (QED) is 0.798. The highest BCUT2D eigenvalue weighted by Gasteiger charge is 2.03. The van der Waals surface area contributed by atoms with E-state index in [1.165, 1.54) is 0 Å². The van der Waals surface area contributed by atoms with E-state index in [-0.39, 0.29) is 5.56 Å². The van der Waals surface area contributed by atoms with Crippen LogP contribution < -0.4 is 10.9 Å². The monoisotopic (exact) mass is 222 g/mol. The maximum absolute atomic E-state index is 11.6. The van der Waals surface area contributed by atoms with E-state index < -0.39 is 0 Å². The van der Waals surface area contributed by atoms with Crippen LogP contribution in [0.3, 0.4) is 0 Å². The zero-order valence-electron chi connectivity index (χ0n) is 10.5. The van der Waals surface area contributed by atoms with E-state index in [9.17, 15) is 4.79 Å². The molecule has 1 heterocycles. The molecule has 0 saturated heterocycles. The summed E-state index contributed by atoms with van der Waals surface area (Å²) in [5, 5.41) is 3.43. The van der Waals surface area contributed by atoms with E-state index in [0.717, 1.165) is 31.6 Å². The van der Waals surface area contributed by atoms with Crippen LogP contribution in [0.5, 0.6) is 0 Å². The minimum atomic E-state index is 0.0997. The predicted octanol–water partition coefficient (Wildman–Crippen LogP) is 1.93. The molecule has 0 aliphatic heterocycles. The van der Waals surface area contributed by atoms with Gasteiger partial charge in [-0.1, -0.05) is 13.0 Å². The topological polar surface area (TPSA) is 34.0 Å². The van der Waals surface area contributed by atoms with Gasteiger partial charge >= 0.3 is 0 Å². The molecule has 1 N–H and O–H groups in total. The van der Waals surface area contributed by atoms with Gasteiger partial charge in [0.05, 0.1) is 0 Å². The van der Waals surface area contributed by atoms with Gasteiger partial charge in [-0.2, -0.15) is 0 Å². The highest BCUT2D eigenvalue weighted by Crippen LogP contribution is 1.98. The number of nitrogens with zero attached hydrogens (tertiary/aromatic N) is 1. The molecule has 1 rings (SSSR count). The largest absolute Gasteiger partial charge is 0.314 e. The molecule has 3 nitrogen and oxygen atoms in total. The molecule has 0 aliphatic carbocycles. The van der Waals surface area contributed by atoms with Gasteiger partial charge in [0.15, 0.2) is 0 Å². The molecule has 1 atom stereocenters. The van der Waals surface area contributed by atoms with Crippen molar-refractivity contribution in [1.29, 1.82) is 0 Å². The van der Waals surface area contributed by atoms with Crippen LogP contribution in [0.4, 0.5) is 0 Å². The molecule has 90 valence electrons. The average molecular weight is 222 g/mol. The maximum Gasteiger partial charge on any atom is 0.250 e. The Bertz CT molecular complexity index is 370. The first-order valence-corrected chi connectivity index (χ1v) is 6.05. The normalized spacial score (nSPS) is 12.7. The van der Waals surface area contributed by atoms with Gasteiger partial charge in [0.1, 0.15) is 0 Å². The summed E-state index contributed by atoms with van der Waals surface area (Å²) in [4.78, 5) is 11.6. The third-order valence-electron chi connectivity index (χ3n) is 2.80. The first-order valence-electron chi connectivity index (χ1n) is 6.05. The molecule has 1 aromatic rings. The summed E-state index contributed by atoms with van der Waals surface area (Å²) >= 11 is 0. The fourth-order valence-electron chi connectivity index (χ4n) is 1.73. The molecule has 0 spiro atoms. The second-order valence-electron chi connectivity index (χ2n) is 4.30. The summed E-state index contributed by atoms with van der Waals surface area (Å²) in [6.07, 6.45) is 2.14. The second kappa shape index (κ2) is 6.48. The number of rotatable bonds is 6. The van der Waals surface area contributed by atoms with Crippen LogP contribution in [-0.2, 0) is 6.54 Å². The van der Waals surface area contributed by atoms with Gasteiger partial charge in [-0.25, -0.2) is 0 Å². The van der Waals surface area contributed by atoms with Crippen molar-refractivity contribution in [3.05, 3.63) is 34.2 Å². The summed E-state index contributed by atoms with van der Waals surface area (Å²) in [6.45, 7) is 8.14. The molecule has 0 aromatic carbocycles. The van der Waals surface area contributed by atoms with Gasteiger partial charge in [-0.3, -0.25) is 4.79 Å². The van der Waals surface area contributed by atoms with Crippen LogP contribution >= 0.6 is 0 Å². The van der Waals surface area contributed by atoms with Crippen molar-refractivity contribution < 1.29 is 0 Å². The molecule has 0 amide bonds. The zero-order valence-corrected chi connectivity index (χ0v) is 10.5. The lowest BCUT2D eigenvalue weighted by molar-refractivity contribution is 0.468. The Balaban J connectivity index is 2.51.